The van der Waals surface area contributed by atoms with Gasteiger partial charge in [0.2, 0.25) is 0 Å². The standard InChI is InChI=1S/C16H22Cl3NO/c1-15(2)12-5-4-10(6-7-20-14(18)19)8-16(12,3)9-11(21)13(15)17/h4,6-7,11-13,21H,5,8-9H2,1-3H3/b7-6-/t11-,12+,13+,16+/m1/s1. The highest BCUT2D eigenvalue weighted by molar-refractivity contribution is 6.95. The zero-order valence-corrected chi connectivity index (χ0v) is 14.9. The van der Waals surface area contributed by atoms with E-state index in [1.165, 1.54) is 5.57 Å². The summed E-state index contributed by atoms with van der Waals surface area (Å²) in [7, 11) is 0. The molecule has 0 aromatic rings. The fourth-order valence-electron chi connectivity index (χ4n) is 4.22. The van der Waals surface area contributed by atoms with Crippen molar-refractivity contribution in [3.63, 3.8) is 0 Å². The first-order valence-corrected chi connectivity index (χ1v) is 8.42. The third-order valence-electron chi connectivity index (χ3n) is 5.15. The van der Waals surface area contributed by atoms with Gasteiger partial charge in [-0.2, -0.15) is 0 Å². The summed E-state index contributed by atoms with van der Waals surface area (Å²) in [5.74, 6) is 0.466. The number of fused-ring (bicyclic) bond motifs is 1. The van der Waals surface area contributed by atoms with Gasteiger partial charge in [-0.05, 0) is 70.9 Å². The van der Waals surface area contributed by atoms with Gasteiger partial charge in [-0.3, -0.25) is 0 Å². The second-order valence-electron chi connectivity index (χ2n) is 7.08. The number of hydrogen-bond acceptors (Lipinski definition) is 2. The van der Waals surface area contributed by atoms with Crippen molar-refractivity contribution in [2.45, 2.75) is 51.5 Å². The predicted octanol–water partition coefficient (Wildman–Crippen LogP) is 5.07. The molecule has 1 N–H and O–H groups in total. The first-order chi connectivity index (χ1) is 9.67. The molecule has 0 amide bonds. The third-order valence-corrected chi connectivity index (χ3v) is 6.20. The third kappa shape index (κ3) is 3.50. The molecular weight excluding hydrogens is 329 g/mol. The number of aliphatic hydroxyl groups is 1. The van der Waals surface area contributed by atoms with Crippen LogP contribution in [0.1, 0.15) is 40.0 Å². The first kappa shape index (κ1) is 17.3. The molecule has 0 aromatic heterocycles. The van der Waals surface area contributed by atoms with Crippen LogP contribution < -0.4 is 0 Å². The number of halogens is 3. The maximum atomic E-state index is 10.3. The van der Waals surface area contributed by atoms with Crippen molar-refractivity contribution < 1.29 is 5.11 Å². The molecule has 4 atom stereocenters. The van der Waals surface area contributed by atoms with Crippen LogP contribution in [0.15, 0.2) is 28.9 Å². The highest BCUT2D eigenvalue weighted by atomic mass is 35.5. The van der Waals surface area contributed by atoms with Crippen molar-refractivity contribution in [2.75, 3.05) is 0 Å². The van der Waals surface area contributed by atoms with E-state index in [-0.39, 0.29) is 20.8 Å². The van der Waals surface area contributed by atoms with E-state index in [1.54, 1.807) is 6.20 Å². The fraction of sp³-hybridized carbons (Fsp3) is 0.688. The maximum absolute atomic E-state index is 10.3. The topological polar surface area (TPSA) is 32.6 Å². The molecule has 118 valence electrons. The van der Waals surface area contributed by atoms with Crippen LogP contribution in [0.4, 0.5) is 0 Å². The van der Waals surface area contributed by atoms with E-state index >= 15 is 0 Å². The SMILES string of the molecule is CC1(C)[C@@H](Cl)[C@H](O)C[C@]2(C)CC(/C=C\N=C(Cl)Cl)=CC[C@@H]12. The van der Waals surface area contributed by atoms with Crippen molar-refractivity contribution in [1.29, 1.82) is 0 Å². The Morgan fingerprint density at radius 2 is 2.05 bits per heavy atom. The monoisotopic (exact) mass is 349 g/mol. The molecular formula is C16H22Cl3NO. The molecule has 0 aromatic carbocycles. The van der Waals surface area contributed by atoms with Gasteiger partial charge in [0.1, 0.15) is 0 Å². The zero-order valence-electron chi connectivity index (χ0n) is 12.6. The summed E-state index contributed by atoms with van der Waals surface area (Å²) in [5, 5.41) is 10.1. The summed E-state index contributed by atoms with van der Waals surface area (Å²) < 4.78 is 0.00551. The highest BCUT2D eigenvalue weighted by Crippen LogP contribution is 2.58. The highest BCUT2D eigenvalue weighted by Gasteiger charge is 2.54. The average molecular weight is 351 g/mol. The van der Waals surface area contributed by atoms with Crippen LogP contribution in [0.5, 0.6) is 0 Å². The minimum atomic E-state index is -0.457. The lowest BCUT2D eigenvalue weighted by atomic mass is 9.51. The number of nitrogens with zero attached hydrogens (tertiary/aromatic N) is 1. The van der Waals surface area contributed by atoms with Gasteiger partial charge in [0.05, 0.1) is 11.5 Å². The Bertz CT molecular complexity index is 494. The summed E-state index contributed by atoms with van der Waals surface area (Å²) in [6, 6.07) is 0. The largest absolute Gasteiger partial charge is 0.392 e. The van der Waals surface area contributed by atoms with E-state index in [9.17, 15) is 5.11 Å². The Morgan fingerprint density at radius 1 is 1.38 bits per heavy atom. The van der Waals surface area contributed by atoms with Crippen LogP contribution in [-0.4, -0.2) is 21.2 Å². The van der Waals surface area contributed by atoms with E-state index in [1.807, 2.05) is 6.08 Å². The molecule has 2 aliphatic rings. The summed E-state index contributed by atoms with van der Waals surface area (Å²) in [5.41, 5.74) is 1.18. The van der Waals surface area contributed by atoms with Gasteiger partial charge in [0.15, 0.2) is 4.63 Å². The molecule has 2 nitrogen and oxygen atoms in total. The summed E-state index contributed by atoms with van der Waals surface area (Å²) in [6.07, 6.45) is 7.97. The van der Waals surface area contributed by atoms with Crippen LogP contribution in [0.3, 0.4) is 0 Å². The van der Waals surface area contributed by atoms with Gasteiger partial charge < -0.3 is 5.11 Å². The Hall–Kier alpha value is -0.0200. The van der Waals surface area contributed by atoms with Crippen LogP contribution in [0.2, 0.25) is 0 Å². The Balaban J connectivity index is 2.24. The zero-order chi connectivity index (χ0) is 15.8. The summed E-state index contributed by atoms with van der Waals surface area (Å²) in [6.45, 7) is 6.59. The van der Waals surface area contributed by atoms with Gasteiger partial charge in [-0.15, -0.1) is 11.6 Å². The van der Waals surface area contributed by atoms with Gasteiger partial charge in [0, 0.05) is 6.20 Å². The minimum Gasteiger partial charge on any atom is -0.392 e. The molecule has 5 heteroatoms. The van der Waals surface area contributed by atoms with Crippen LogP contribution >= 0.6 is 34.8 Å². The normalized spacial score (nSPS) is 38.8. The van der Waals surface area contributed by atoms with Crippen LogP contribution in [0.25, 0.3) is 0 Å². The molecule has 0 heterocycles. The van der Waals surface area contributed by atoms with Crippen molar-refractivity contribution in [3.8, 4) is 0 Å². The molecule has 2 rings (SSSR count). The number of allylic oxidation sites excluding steroid dienone is 3. The van der Waals surface area contributed by atoms with Gasteiger partial charge in [-0.25, -0.2) is 4.99 Å². The number of rotatable bonds is 2. The van der Waals surface area contributed by atoms with Crippen LogP contribution in [0, 0.1) is 16.7 Å². The molecule has 1 fully saturated rings. The average Bonchev–Trinajstić information content (AvgIpc) is 2.35. The molecule has 0 bridgehead atoms. The van der Waals surface area contributed by atoms with Crippen LogP contribution in [-0.2, 0) is 0 Å². The molecule has 0 spiro atoms. The Morgan fingerprint density at radius 3 is 2.67 bits per heavy atom. The van der Waals surface area contributed by atoms with Crippen molar-refractivity contribution >= 4 is 39.4 Å². The number of alkyl halides is 1. The van der Waals surface area contributed by atoms with Crippen molar-refractivity contribution in [1.82, 2.24) is 0 Å². The molecule has 1 saturated carbocycles. The lowest BCUT2D eigenvalue weighted by Crippen LogP contribution is -2.55. The number of aliphatic hydroxyl groups excluding tert-OH is 1. The van der Waals surface area contributed by atoms with Gasteiger partial charge in [-0.1, -0.05) is 26.8 Å². The fourth-order valence-corrected chi connectivity index (χ4v) is 4.57. The van der Waals surface area contributed by atoms with Crippen molar-refractivity contribution in [3.05, 3.63) is 23.9 Å². The van der Waals surface area contributed by atoms with Crippen molar-refractivity contribution in [2.24, 2.45) is 21.7 Å². The molecule has 2 aliphatic carbocycles. The summed E-state index contributed by atoms with van der Waals surface area (Å²) in [4.78, 5) is 3.86. The van der Waals surface area contributed by atoms with E-state index in [0.29, 0.717) is 5.92 Å². The Labute approximate surface area is 141 Å². The predicted molar refractivity (Wildman–Crippen MR) is 91.2 cm³/mol. The lowest BCUT2D eigenvalue weighted by Gasteiger charge is -2.56. The van der Waals surface area contributed by atoms with E-state index in [4.69, 9.17) is 34.8 Å². The number of hydrogen-bond donors (Lipinski definition) is 1. The second-order valence-corrected chi connectivity index (χ2v) is 8.46. The number of aliphatic imine (C=N–C) groups is 1. The lowest BCUT2D eigenvalue weighted by molar-refractivity contribution is -0.0656. The minimum absolute atomic E-state index is 0.00551. The van der Waals surface area contributed by atoms with Gasteiger partial charge >= 0.3 is 0 Å². The quantitative estimate of drug-likeness (QED) is 0.547. The first-order valence-electron chi connectivity index (χ1n) is 7.23. The van der Waals surface area contributed by atoms with E-state index in [2.05, 4.69) is 31.8 Å². The van der Waals surface area contributed by atoms with E-state index < -0.39 is 6.10 Å². The Kier molecular flexibility index (Phi) is 5.15. The molecule has 0 saturated heterocycles. The maximum Gasteiger partial charge on any atom is 0.196 e. The molecule has 0 unspecified atom stereocenters. The molecule has 21 heavy (non-hydrogen) atoms. The van der Waals surface area contributed by atoms with E-state index in [0.717, 1.165) is 19.3 Å². The second kappa shape index (κ2) is 6.23. The smallest absolute Gasteiger partial charge is 0.196 e. The van der Waals surface area contributed by atoms with Gasteiger partial charge in [0.25, 0.3) is 0 Å². The molecule has 0 aliphatic heterocycles. The molecule has 0 radical (unpaired) electrons. The summed E-state index contributed by atoms with van der Waals surface area (Å²) >= 11 is 17.5.